The predicted octanol–water partition coefficient (Wildman–Crippen LogP) is 4.04. The Morgan fingerprint density at radius 3 is 2.52 bits per heavy atom. The Bertz CT molecular complexity index is 466. The molecule has 130 valence electrons. The van der Waals surface area contributed by atoms with Crippen LogP contribution in [0.5, 0.6) is 0 Å². The molecule has 0 radical (unpaired) electrons. The molecule has 0 aromatic carbocycles. The van der Waals surface area contributed by atoms with Crippen LogP contribution in [-0.2, 0) is 22.6 Å². The lowest BCUT2D eigenvalue weighted by molar-refractivity contribution is -0.696. The second-order valence-corrected chi connectivity index (χ2v) is 6.28. The van der Waals surface area contributed by atoms with Crippen molar-refractivity contribution in [3.05, 3.63) is 30.9 Å². The van der Waals surface area contributed by atoms with Gasteiger partial charge in [-0.3, -0.25) is 0 Å². The first-order valence-corrected chi connectivity index (χ1v) is 9.01. The number of aromatic nitrogens is 2. The molecule has 1 aromatic heterocycles. The Morgan fingerprint density at radius 2 is 1.83 bits per heavy atom. The van der Waals surface area contributed by atoms with E-state index in [1.165, 1.54) is 38.5 Å². The molecule has 0 amide bonds. The van der Waals surface area contributed by atoms with Crippen molar-refractivity contribution in [3.8, 4) is 0 Å². The zero-order valence-electron chi connectivity index (χ0n) is 14.9. The zero-order chi connectivity index (χ0) is 16.9. The summed E-state index contributed by atoms with van der Waals surface area (Å²) in [6.45, 7) is 10.2. The highest BCUT2D eigenvalue weighted by Gasteiger charge is 2.03. The fraction of sp³-hybridized carbons (Fsp3) is 0.684. The topological polar surface area (TPSA) is 35.1 Å². The van der Waals surface area contributed by atoms with Crippen molar-refractivity contribution in [1.29, 1.82) is 0 Å². The highest BCUT2D eigenvalue weighted by molar-refractivity contribution is 5.86. The molecule has 4 nitrogen and oxygen atoms in total. The number of ether oxygens (including phenoxy) is 1. The summed E-state index contributed by atoms with van der Waals surface area (Å²) in [5.74, 6) is -0.270. The number of unbranched alkanes of at least 4 members (excludes halogenated alkanes) is 6. The van der Waals surface area contributed by atoms with E-state index in [9.17, 15) is 4.79 Å². The molecule has 0 bridgehead atoms. The first-order chi connectivity index (χ1) is 11.1. The molecule has 23 heavy (non-hydrogen) atoms. The quantitative estimate of drug-likeness (QED) is 0.238. The summed E-state index contributed by atoms with van der Waals surface area (Å²) in [7, 11) is 0. The van der Waals surface area contributed by atoms with Gasteiger partial charge in [0.25, 0.3) is 0 Å². The summed E-state index contributed by atoms with van der Waals surface area (Å²) in [5.41, 5.74) is 0.478. The number of esters is 1. The van der Waals surface area contributed by atoms with Crippen LogP contribution in [0.1, 0.15) is 65.2 Å². The molecule has 1 heterocycles. The number of carbonyl (C=O) groups is 1. The molecule has 0 saturated carbocycles. The maximum Gasteiger partial charge on any atom is 0.333 e. The minimum absolute atomic E-state index is 0.270. The lowest BCUT2D eigenvalue weighted by Crippen LogP contribution is -2.30. The molecule has 0 N–H and O–H groups in total. The summed E-state index contributed by atoms with van der Waals surface area (Å²) in [5, 5.41) is 0. The monoisotopic (exact) mass is 321 g/mol. The maximum absolute atomic E-state index is 11.2. The molecule has 0 aliphatic rings. The van der Waals surface area contributed by atoms with Crippen LogP contribution in [-0.4, -0.2) is 17.1 Å². The van der Waals surface area contributed by atoms with E-state index >= 15 is 0 Å². The molecular formula is C19H33N2O2+. The second kappa shape index (κ2) is 11.9. The van der Waals surface area contributed by atoms with Crippen LogP contribution in [0.2, 0.25) is 0 Å². The Balaban J connectivity index is 1.94. The second-order valence-electron chi connectivity index (χ2n) is 6.28. The standard InChI is InChI=1S/C19H33N2O2/c1-4-5-12-20-14-15-21(17-20)13-10-8-6-7-9-11-16-23-19(22)18(2)3/h14-15,17H,2,4-13,16H2,1,3H3/q+1. The molecule has 1 rings (SSSR count). The normalized spacial score (nSPS) is 10.7. The van der Waals surface area contributed by atoms with E-state index in [2.05, 4.69) is 41.4 Å². The van der Waals surface area contributed by atoms with Gasteiger partial charge in [0.05, 0.1) is 19.7 Å². The van der Waals surface area contributed by atoms with Crippen molar-refractivity contribution < 1.29 is 14.1 Å². The van der Waals surface area contributed by atoms with Crippen LogP contribution >= 0.6 is 0 Å². The van der Waals surface area contributed by atoms with Crippen LogP contribution in [0.4, 0.5) is 0 Å². The number of hydrogen-bond acceptors (Lipinski definition) is 2. The smallest absolute Gasteiger partial charge is 0.333 e. The molecule has 1 aromatic rings. The molecule has 4 heteroatoms. The van der Waals surface area contributed by atoms with Gasteiger partial charge in [-0.2, -0.15) is 0 Å². The predicted molar refractivity (Wildman–Crippen MR) is 93.0 cm³/mol. The minimum Gasteiger partial charge on any atom is -0.462 e. The van der Waals surface area contributed by atoms with Crippen molar-refractivity contribution in [3.63, 3.8) is 0 Å². The van der Waals surface area contributed by atoms with E-state index in [-0.39, 0.29) is 5.97 Å². The highest BCUT2D eigenvalue weighted by Crippen LogP contribution is 2.06. The van der Waals surface area contributed by atoms with E-state index < -0.39 is 0 Å². The zero-order valence-corrected chi connectivity index (χ0v) is 14.9. The Hall–Kier alpha value is -1.58. The van der Waals surface area contributed by atoms with Crippen molar-refractivity contribution in [1.82, 2.24) is 4.57 Å². The summed E-state index contributed by atoms with van der Waals surface area (Å²) >= 11 is 0. The average molecular weight is 321 g/mol. The minimum atomic E-state index is -0.270. The third-order valence-corrected chi connectivity index (χ3v) is 3.91. The Morgan fingerprint density at radius 1 is 1.13 bits per heavy atom. The largest absolute Gasteiger partial charge is 0.462 e. The molecule has 0 aliphatic heterocycles. The molecule has 0 spiro atoms. The van der Waals surface area contributed by atoms with Gasteiger partial charge in [0.15, 0.2) is 0 Å². The Kier molecular flexibility index (Phi) is 10.1. The van der Waals surface area contributed by atoms with Gasteiger partial charge in [0.1, 0.15) is 12.4 Å². The summed E-state index contributed by atoms with van der Waals surface area (Å²) in [4.78, 5) is 11.2. The fourth-order valence-electron chi connectivity index (χ4n) is 2.44. The molecule has 0 atom stereocenters. The average Bonchev–Trinajstić information content (AvgIpc) is 2.98. The van der Waals surface area contributed by atoms with Crippen LogP contribution < -0.4 is 4.57 Å². The van der Waals surface area contributed by atoms with Crippen LogP contribution in [0, 0.1) is 0 Å². The molecular weight excluding hydrogens is 288 g/mol. The van der Waals surface area contributed by atoms with E-state index in [0.717, 1.165) is 25.9 Å². The first kappa shape index (κ1) is 19.5. The fourth-order valence-corrected chi connectivity index (χ4v) is 2.44. The first-order valence-electron chi connectivity index (χ1n) is 9.01. The summed E-state index contributed by atoms with van der Waals surface area (Å²) < 4.78 is 9.63. The number of imidazole rings is 1. The van der Waals surface area contributed by atoms with Crippen molar-refractivity contribution in [2.24, 2.45) is 0 Å². The van der Waals surface area contributed by atoms with Crippen LogP contribution in [0.3, 0.4) is 0 Å². The number of hydrogen-bond donors (Lipinski definition) is 0. The van der Waals surface area contributed by atoms with Gasteiger partial charge in [-0.25, -0.2) is 13.9 Å². The molecule has 0 saturated heterocycles. The van der Waals surface area contributed by atoms with Gasteiger partial charge >= 0.3 is 5.97 Å². The maximum atomic E-state index is 11.2. The third-order valence-electron chi connectivity index (χ3n) is 3.91. The van der Waals surface area contributed by atoms with Gasteiger partial charge in [0, 0.05) is 5.57 Å². The van der Waals surface area contributed by atoms with E-state index in [4.69, 9.17) is 4.74 Å². The van der Waals surface area contributed by atoms with Gasteiger partial charge in [-0.1, -0.05) is 39.2 Å². The van der Waals surface area contributed by atoms with E-state index in [0.29, 0.717) is 12.2 Å². The van der Waals surface area contributed by atoms with Crippen molar-refractivity contribution >= 4 is 5.97 Å². The summed E-state index contributed by atoms with van der Waals surface area (Å²) in [6.07, 6.45) is 16.1. The Labute approximate surface area is 141 Å². The number of nitrogens with zero attached hydrogens (tertiary/aromatic N) is 2. The van der Waals surface area contributed by atoms with Gasteiger partial charge in [-0.05, 0) is 32.6 Å². The van der Waals surface area contributed by atoms with Gasteiger partial charge in [0.2, 0.25) is 6.33 Å². The van der Waals surface area contributed by atoms with Crippen LogP contribution in [0.25, 0.3) is 0 Å². The highest BCUT2D eigenvalue weighted by atomic mass is 16.5. The lowest BCUT2D eigenvalue weighted by atomic mass is 10.1. The number of rotatable bonds is 13. The number of aryl methyl sites for hydroxylation is 2. The molecule has 0 fully saturated rings. The molecule has 0 unspecified atom stereocenters. The van der Waals surface area contributed by atoms with Crippen molar-refractivity contribution in [2.75, 3.05) is 6.61 Å². The van der Waals surface area contributed by atoms with E-state index in [1.54, 1.807) is 6.92 Å². The van der Waals surface area contributed by atoms with Gasteiger partial charge in [-0.15, -0.1) is 0 Å². The third kappa shape index (κ3) is 9.22. The van der Waals surface area contributed by atoms with Gasteiger partial charge < -0.3 is 4.74 Å². The SMILES string of the molecule is C=C(C)C(=O)OCCCCCCCC[n+]1ccn(CCCC)c1. The number of carbonyl (C=O) groups excluding carboxylic acids is 1. The lowest BCUT2D eigenvalue weighted by Gasteiger charge is -2.04. The van der Waals surface area contributed by atoms with Crippen LogP contribution in [0.15, 0.2) is 30.9 Å². The van der Waals surface area contributed by atoms with Crippen molar-refractivity contribution in [2.45, 2.75) is 78.3 Å². The van der Waals surface area contributed by atoms with E-state index in [1.807, 2.05) is 0 Å². The summed E-state index contributed by atoms with van der Waals surface area (Å²) in [6, 6.07) is 0. The molecule has 0 aliphatic carbocycles.